The Morgan fingerprint density at radius 1 is 1.29 bits per heavy atom. The normalized spacial score (nSPS) is 16.6. The molecule has 1 aliphatic heterocycles. The molecule has 24 heavy (non-hydrogen) atoms. The Balaban J connectivity index is 0.00000529. The van der Waals surface area contributed by atoms with Gasteiger partial charge in [0.15, 0.2) is 5.96 Å². The zero-order valence-electron chi connectivity index (χ0n) is 15.6. The van der Waals surface area contributed by atoms with Crippen molar-refractivity contribution in [3.63, 3.8) is 0 Å². The van der Waals surface area contributed by atoms with Crippen LogP contribution in [0.4, 0.5) is 0 Å². The molecule has 2 N–H and O–H groups in total. The second-order valence-corrected chi connectivity index (χ2v) is 6.22. The van der Waals surface area contributed by atoms with Gasteiger partial charge in [-0.25, -0.2) is 0 Å². The third-order valence-electron chi connectivity index (χ3n) is 4.06. The first-order valence-corrected chi connectivity index (χ1v) is 9.01. The summed E-state index contributed by atoms with van der Waals surface area (Å²) in [4.78, 5) is 18.4. The quantitative estimate of drug-likeness (QED) is 0.194. The molecule has 0 aromatic carbocycles. The number of aliphatic imine (C=N–C) groups is 1. The average Bonchev–Trinajstić information content (AvgIpc) is 2.52. The molecule has 1 aliphatic rings. The van der Waals surface area contributed by atoms with E-state index in [-0.39, 0.29) is 29.9 Å². The molecular weight excluding hydrogens is 419 g/mol. The Labute approximate surface area is 164 Å². The van der Waals surface area contributed by atoms with Gasteiger partial charge >= 0.3 is 5.97 Å². The molecule has 0 bridgehead atoms. The van der Waals surface area contributed by atoms with Crippen LogP contribution >= 0.6 is 24.0 Å². The number of hydrogen-bond acceptors (Lipinski definition) is 4. The van der Waals surface area contributed by atoms with E-state index in [1.165, 1.54) is 0 Å². The summed E-state index contributed by atoms with van der Waals surface area (Å²) < 4.78 is 4.92. The Hall–Kier alpha value is -0.570. The summed E-state index contributed by atoms with van der Waals surface area (Å²) >= 11 is 0. The number of nitrogens with one attached hydrogen (secondary N) is 2. The topological polar surface area (TPSA) is 66.0 Å². The lowest BCUT2D eigenvalue weighted by atomic mass is 10.0. The van der Waals surface area contributed by atoms with Crippen LogP contribution in [0.3, 0.4) is 0 Å². The van der Waals surface area contributed by atoms with Gasteiger partial charge in [-0.1, -0.05) is 0 Å². The number of ether oxygens (including phenoxy) is 1. The second-order valence-electron chi connectivity index (χ2n) is 6.22. The summed E-state index contributed by atoms with van der Waals surface area (Å²) in [5.41, 5.74) is 0. The maximum atomic E-state index is 11.3. The minimum absolute atomic E-state index is 0. The van der Waals surface area contributed by atoms with Crippen molar-refractivity contribution in [2.45, 2.75) is 65.5 Å². The fourth-order valence-electron chi connectivity index (χ4n) is 2.72. The van der Waals surface area contributed by atoms with Gasteiger partial charge in [0.1, 0.15) is 0 Å². The van der Waals surface area contributed by atoms with Gasteiger partial charge in [-0.15, -0.1) is 24.0 Å². The van der Waals surface area contributed by atoms with Gasteiger partial charge in [-0.3, -0.25) is 9.79 Å². The highest BCUT2D eigenvalue weighted by Gasteiger charge is 2.21. The Morgan fingerprint density at radius 2 is 1.96 bits per heavy atom. The number of carbonyl (C=O) groups is 1. The van der Waals surface area contributed by atoms with Crippen LogP contribution in [0, 0.1) is 0 Å². The highest BCUT2D eigenvalue weighted by molar-refractivity contribution is 14.0. The van der Waals surface area contributed by atoms with Gasteiger partial charge in [0, 0.05) is 44.7 Å². The molecule has 0 aromatic rings. The number of hydrogen-bond donors (Lipinski definition) is 2. The average molecular weight is 454 g/mol. The van der Waals surface area contributed by atoms with Crippen molar-refractivity contribution in [3.8, 4) is 0 Å². The smallest absolute Gasteiger partial charge is 0.305 e. The van der Waals surface area contributed by atoms with E-state index in [2.05, 4.69) is 41.3 Å². The van der Waals surface area contributed by atoms with Gasteiger partial charge < -0.3 is 20.3 Å². The van der Waals surface area contributed by atoms with Gasteiger partial charge in [0.2, 0.25) is 0 Å². The van der Waals surface area contributed by atoms with E-state index in [4.69, 9.17) is 4.74 Å². The third-order valence-corrected chi connectivity index (χ3v) is 4.06. The Morgan fingerprint density at radius 3 is 2.50 bits per heavy atom. The summed E-state index contributed by atoms with van der Waals surface area (Å²) in [7, 11) is 0. The number of carbonyl (C=O) groups excluding carboxylic acids is 1. The SMILES string of the molecule is CCNC(=NCCCC(=O)OCC)NC1CCN(C(C)C)CC1.I. The highest BCUT2D eigenvalue weighted by atomic mass is 127. The maximum Gasteiger partial charge on any atom is 0.305 e. The third kappa shape index (κ3) is 9.66. The van der Waals surface area contributed by atoms with Gasteiger partial charge in [-0.2, -0.15) is 0 Å². The van der Waals surface area contributed by atoms with Crippen LogP contribution in [0.15, 0.2) is 4.99 Å². The molecule has 7 heteroatoms. The monoisotopic (exact) mass is 454 g/mol. The standard InChI is InChI=1S/C17H34N4O2.HI/c1-5-18-17(19-11-7-8-16(22)23-6-2)20-15-9-12-21(13-10-15)14(3)4;/h14-15H,5-13H2,1-4H3,(H2,18,19,20);1H. The van der Waals surface area contributed by atoms with Crippen LogP contribution in [-0.2, 0) is 9.53 Å². The van der Waals surface area contributed by atoms with Crippen molar-refractivity contribution >= 4 is 35.9 Å². The van der Waals surface area contributed by atoms with Crippen molar-refractivity contribution in [2.75, 3.05) is 32.8 Å². The lowest BCUT2D eigenvalue weighted by Crippen LogP contribution is -2.49. The van der Waals surface area contributed by atoms with Crippen LogP contribution in [0.2, 0.25) is 0 Å². The molecular formula is C17H35IN4O2. The lowest BCUT2D eigenvalue weighted by Gasteiger charge is -2.35. The van der Waals surface area contributed by atoms with E-state index < -0.39 is 0 Å². The molecule has 1 rings (SSSR count). The molecule has 1 saturated heterocycles. The molecule has 0 atom stereocenters. The van der Waals surface area contributed by atoms with E-state index >= 15 is 0 Å². The fourth-order valence-corrected chi connectivity index (χ4v) is 2.72. The van der Waals surface area contributed by atoms with Crippen molar-refractivity contribution in [2.24, 2.45) is 4.99 Å². The molecule has 0 spiro atoms. The first-order valence-electron chi connectivity index (χ1n) is 9.01. The molecule has 0 amide bonds. The van der Waals surface area contributed by atoms with Gasteiger partial charge in [0.05, 0.1) is 6.61 Å². The summed E-state index contributed by atoms with van der Waals surface area (Å²) in [6.45, 7) is 12.6. The van der Waals surface area contributed by atoms with Crippen LogP contribution in [-0.4, -0.2) is 61.7 Å². The molecule has 0 aromatic heterocycles. The predicted octanol–water partition coefficient (Wildman–Crippen LogP) is 2.38. The molecule has 0 aliphatic carbocycles. The number of halogens is 1. The van der Waals surface area contributed by atoms with Gasteiger partial charge in [0.25, 0.3) is 0 Å². The minimum atomic E-state index is -0.137. The number of guanidine groups is 1. The van der Waals surface area contributed by atoms with E-state index in [9.17, 15) is 4.79 Å². The number of piperidine rings is 1. The molecule has 1 heterocycles. The fraction of sp³-hybridized carbons (Fsp3) is 0.882. The minimum Gasteiger partial charge on any atom is -0.466 e. The number of nitrogens with zero attached hydrogens (tertiary/aromatic N) is 2. The zero-order chi connectivity index (χ0) is 17.1. The molecule has 6 nitrogen and oxygen atoms in total. The van der Waals surface area contributed by atoms with Gasteiger partial charge in [-0.05, 0) is 47.0 Å². The zero-order valence-corrected chi connectivity index (χ0v) is 18.0. The number of rotatable bonds is 8. The summed E-state index contributed by atoms with van der Waals surface area (Å²) in [5.74, 6) is 0.723. The van der Waals surface area contributed by atoms with E-state index in [0.29, 0.717) is 31.7 Å². The summed E-state index contributed by atoms with van der Waals surface area (Å²) in [6, 6.07) is 1.11. The molecule has 1 fully saturated rings. The second kappa shape index (κ2) is 13.7. The van der Waals surface area contributed by atoms with Crippen LogP contribution < -0.4 is 10.6 Å². The summed E-state index contributed by atoms with van der Waals surface area (Å²) in [5, 5.41) is 6.81. The maximum absolute atomic E-state index is 11.3. The first kappa shape index (κ1) is 23.4. The molecule has 0 unspecified atom stereocenters. The van der Waals surface area contributed by atoms with Crippen molar-refractivity contribution in [3.05, 3.63) is 0 Å². The largest absolute Gasteiger partial charge is 0.466 e. The Kier molecular flexibility index (Phi) is 13.4. The summed E-state index contributed by atoms with van der Waals surface area (Å²) in [6.07, 6.45) is 3.45. The van der Waals surface area contributed by atoms with Crippen molar-refractivity contribution in [1.29, 1.82) is 0 Å². The molecule has 142 valence electrons. The first-order chi connectivity index (χ1) is 11.1. The van der Waals surface area contributed by atoms with Crippen LogP contribution in [0.5, 0.6) is 0 Å². The van der Waals surface area contributed by atoms with Crippen LogP contribution in [0.1, 0.15) is 53.4 Å². The van der Waals surface area contributed by atoms with Crippen LogP contribution in [0.25, 0.3) is 0 Å². The van der Waals surface area contributed by atoms with E-state index in [1.807, 2.05) is 6.92 Å². The Bertz CT molecular complexity index is 370. The number of esters is 1. The molecule has 0 radical (unpaired) electrons. The van der Waals surface area contributed by atoms with Crippen molar-refractivity contribution < 1.29 is 9.53 Å². The van der Waals surface area contributed by atoms with E-state index in [1.54, 1.807) is 0 Å². The van der Waals surface area contributed by atoms with E-state index in [0.717, 1.165) is 44.9 Å². The lowest BCUT2D eigenvalue weighted by molar-refractivity contribution is -0.143. The molecule has 0 saturated carbocycles. The predicted molar refractivity (Wildman–Crippen MR) is 110 cm³/mol. The van der Waals surface area contributed by atoms with Crippen molar-refractivity contribution in [1.82, 2.24) is 15.5 Å². The number of likely N-dealkylation sites (tertiary alicyclic amines) is 1. The highest BCUT2D eigenvalue weighted by Crippen LogP contribution is 2.12.